The van der Waals surface area contributed by atoms with Crippen LogP contribution in [0.3, 0.4) is 0 Å². The van der Waals surface area contributed by atoms with E-state index in [1.807, 2.05) is 30.3 Å². The number of rotatable bonds is 8. The summed E-state index contributed by atoms with van der Waals surface area (Å²) >= 11 is 1.65. The van der Waals surface area contributed by atoms with Gasteiger partial charge >= 0.3 is 5.97 Å². The Labute approximate surface area is 174 Å². The molecule has 0 bridgehead atoms. The number of thioether (sulfide) groups is 1. The second-order valence-electron chi connectivity index (χ2n) is 6.69. The van der Waals surface area contributed by atoms with E-state index < -0.39 is 5.97 Å². The van der Waals surface area contributed by atoms with Gasteiger partial charge in [0.1, 0.15) is 5.70 Å². The Bertz CT molecular complexity index is 942. The number of amides is 1. The smallest absolute Gasteiger partial charge is 0.337 e. The molecule has 2 aromatic rings. The number of β-amino-alcohol motifs (C(OH)–C–C–N with tert-alkyl or cyclic N) is 1. The summed E-state index contributed by atoms with van der Waals surface area (Å²) < 4.78 is 4.84. The number of nitrogens with zero attached hydrogens (tertiary/aromatic N) is 1. The predicted octanol–water partition coefficient (Wildman–Crippen LogP) is 2.96. The largest absolute Gasteiger partial charge is 0.466 e. The third kappa shape index (κ3) is 4.99. The molecule has 0 fully saturated rings. The topological polar surface area (TPSA) is 78.9 Å². The van der Waals surface area contributed by atoms with E-state index in [4.69, 9.17) is 4.74 Å². The van der Waals surface area contributed by atoms with E-state index in [-0.39, 0.29) is 36.9 Å². The fourth-order valence-electron chi connectivity index (χ4n) is 3.14. The molecule has 0 aromatic heterocycles. The van der Waals surface area contributed by atoms with Gasteiger partial charge in [-0.15, -0.1) is 11.8 Å². The van der Waals surface area contributed by atoms with Gasteiger partial charge in [0.2, 0.25) is 0 Å². The average Bonchev–Trinajstić information content (AvgIpc) is 3.03. The van der Waals surface area contributed by atoms with Crippen molar-refractivity contribution in [1.29, 1.82) is 0 Å². The van der Waals surface area contributed by atoms with Crippen LogP contribution in [0.1, 0.15) is 11.1 Å². The van der Waals surface area contributed by atoms with Crippen LogP contribution in [0, 0.1) is 6.92 Å². The van der Waals surface area contributed by atoms with Crippen LogP contribution in [0.5, 0.6) is 0 Å². The summed E-state index contributed by atoms with van der Waals surface area (Å²) in [6.07, 6.45) is 0. The van der Waals surface area contributed by atoms with Crippen molar-refractivity contribution in [3.63, 3.8) is 0 Å². The van der Waals surface area contributed by atoms with E-state index in [0.717, 1.165) is 16.3 Å². The zero-order valence-electron chi connectivity index (χ0n) is 16.5. The third-order valence-corrected chi connectivity index (χ3v) is 5.72. The average molecular weight is 413 g/mol. The summed E-state index contributed by atoms with van der Waals surface area (Å²) in [5.74, 6) is -0.0856. The molecule has 152 valence electrons. The molecule has 2 N–H and O–H groups in total. The van der Waals surface area contributed by atoms with Gasteiger partial charge in [0, 0.05) is 17.2 Å². The van der Waals surface area contributed by atoms with E-state index in [0.29, 0.717) is 0 Å². The molecule has 0 saturated heterocycles. The molecule has 0 atom stereocenters. The zero-order chi connectivity index (χ0) is 20.8. The highest BCUT2D eigenvalue weighted by molar-refractivity contribution is 7.98. The molecule has 1 heterocycles. The molecule has 3 rings (SSSR count). The van der Waals surface area contributed by atoms with Crippen LogP contribution in [-0.4, -0.2) is 48.7 Å². The lowest BCUT2D eigenvalue weighted by molar-refractivity contribution is -0.136. The number of aliphatic hydroxyl groups excluding tert-OH is 1. The van der Waals surface area contributed by atoms with Crippen LogP contribution in [0.25, 0.3) is 0 Å². The number of hydrogen-bond acceptors (Lipinski definition) is 6. The van der Waals surface area contributed by atoms with Crippen LogP contribution < -0.4 is 5.32 Å². The van der Waals surface area contributed by atoms with Crippen molar-refractivity contribution in [3.8, 4) is 0 Å². The number of esters is 1. The lowest BCUT2D eigenvalue weighted by atomic mass is 10.2. The Kier molecular flexibility index (Phi) is 6.95. The first kappa shape index (κ1) is 21.0. The lowest BCUT2D eigenvalue weighted by Crippen LogP contribution is -2.31. The van der Waals surface area contributed by atoms with Gasteiger partial charge in [0.15, 0.2) is 0 Å². The first-order valence-electron chi connectivity index (χ1n) is 9.29. The Morgan fingerprint density at radius 2 is 2.03 bits per heavy atom. The van der Waals surface area contributed by atoms with Crippen molar-refractivity contribution in [2.75, 3.05) is 32.1 Å². The van der Waals surface area contributed by atoms with E-state index in [1.54, 1.807) is 11.8 Å². The summed E-state index contributed by atoms with van der Waals surface area (Å²) in [6, 6.07) is 16.0. The quantitative estimate of drug-likeness (QED) is 0.513. The van der Waals surface area contributed by atoms with Crippen LogP contribution >= 0.6 is 11.8 Å². The van der Waals surface area contributed by atoms with Crippen molar-refractivity contribution >= 4 is 29.3 Å². The molecule has 6 nitrogen and oxygen atoms in total. The van der Waals surface area contributed by atoms with Gasteiger partial charge < -0.3 is 20.1 Å². The number of aryl methyl sites for hydroxylation is 1. The summed E-state index contributed by atoms with van der Waals surface area (Å²) in [6.45, 7) is 2.17. The Morgan fingerprint density at radius 1 is 1.24 bits per heavy atom. The standard InChI is InChI=1S/C22H24N2O4S/c1-15-6-5-7-16(12-15)14-29-19-9-4-3-8-18(19)23-20-17(22(27)28-2)13-24(10-11-25)21(20)26/h3-9,12,23,25H,10-11,13-14H2,1-2H3. The Balaban J connectivity index is 1.83. The summed E-state index contributed by atoms with van der Waals surface area (Å²) in [5.41, 5.74) is 3.65. The molecule has 0 radical (unpaired) electrons. The molecule has 1 amide bonds. The molecule has 29 heavy (non-hydrogen) atoms. The molecule has 0 aliphatic carbocycles. The highest BCUT2D eigenvalue weighted by Crippen LogP contribution is 2.32. The van der Waals surface area contributed by atoms with Crippen LogP contribution in [-0.2, 0) is 20.1 Å². The fourth-order valence-corrected chi connectivity index (χ4v) is 4.09. The molecule has 1 aliphatic rings. The highest BCUT2D eigenvalue weighted by atomic mass is 32.2. The first-order chi connectivity index (χ1) is 14.0. The number of nitrogens with one attached hydrogen (secondary N) is 1. The monoisotopic (exact) mass is 412 g/mol. The summed E-state index contributed by atoms with van der Waals surface area (Å²) in [4.78, 5) is 27.3. The molecule has 0 spiro atoms. The number of methoxy groups -OCH3 is 1. The second kappa shape index (κ2) is 9.62. The van der Waals surface area contributed by atoms with E-state index in [2.05, 4.69) is 30.4 Å². The summed E-state index contributed by atoms with van der Waals surface area (Å²) in [7, 11) is 1.29. The van der Waals surface area contributed by atoms with Gasteiger partial charge in [0.05, 0.1) is 31.5 Å². The summed E-state index contributed by atoms with van der Waals surface area (Å²) in [5, 5.41) is 12.3. The van der Waals surface area contributed by atoms with Crippen molar-refractivity contribution in [1.82, 2.24) is 4.90 Å². The van der Waals surface area contributed by atoms with Crippen LogP contribution in [0.2, 0.25) is 0 Å². The maximum atomic E-state index is 12.7. The third-order valence-electron chi connectivity index (χ3n) is 4.58. The van der Waals surface area contributed by atoms with Gasteiger partial charge in [0.25, 0.3) is 5.91 Å². The number of carbonyl (C=O) groups is 2. The van der Waals surface area contributed by atoms with Crippen molar-refractivity contribution < 1.29 is 19.4 Å². The van der Waals surface area contributed by atoms with Crippen molar-refractivity contribution in [2.24, 2.45) is 0 Å². The first-order valence-corrected chi connectivity index (χ1v) is 10.3. The number of benzene rings is 2. The normalized spacial score (nSPS) is 13.8. The molecule has 0 saturated carbocycles. The lowest BCUT2D eigenvalue weighted by Gasteiger charge is -2.16. The Hall–Kier alpha value is -2.77. The van der Waals surface area contributed by atoms with Crippen molar-refractivity contribution in [2.45, 2.75) is 17.6 Å². The Morgan fingerprint density at radius 3 is 2.76 bits per heavy atom. The van der Waals surface area contributed by atoms with Gasteiger partial charge in [-0.3, -0.25) is 4.79 Å². The van der Waals surface area contributed by atoms with Gasteiger partial charge in [-0.2, -0.15) is 0 Å². The van der Waals surface area contributed by atoms with E-state index >= 15 is 0 Å². The molecule has 1 aliphatic heterocycles. The van der Waals surface area contributed by atoms with E-state index in [1.165, 1.54) is 23.1 Å². The minimum Gasteiger partial charge on any atom is -0.466 e. The van der Waals surface area contributed by atoms with Crippen molar-refractivity contribution in [3.05, 3.63) is 70.9 Å². The van der Waals surface area contributed by atoms with Crippen LogP contribution in [0.15, 0.2) is 64.7 Å². The van der Waals surface area contributed by atoms with Gasteiger partial charge in [-0.1, -0.05) is 42.0 Å². The van der Waals surface area contributed by atoms with Gasteiger partial charge in [-0.05, 0) is 24.6 Å². The molecule has 7 heteroatoms. The van der Waals surface area contributed by atoms with E-state index in [9.17, 15) is 14.7 Å². The number of ether oxygens (including phenoxy) is 1. The molecular formula is C22H24N2O4S. The number of aliphatic hydroxyl groups is 1. The molecule has 0 unspecified atom stereocenters. The van der Waals surface area contributed by atoms with Crippen LogP contribution in [0.4, 0.5) is 5.69 Å². The minimum atomic E-state index is -0.550. The minimum absolute atomic E-state index is 0.118. The number of para-hydroxylation sites is 1. The SMILES string of the molecule is COC(=O)C1=C(Nc2ccccc2SCc2cccc(C)c2)C(=O)N(CCO)C1. The second-order valence-corrected chi connectivity index (χ2v) is 7.71. The number of anilines is 1. The number of hydrogen-bond donors (Lipinski definition) is 2. The maximum Gasteiger partial charge on any atom is 0.337 e. The van der Waals surface area contributed by atoms with Gasteiger partial charge in [-0.25, -0.2) is 4.79 Å². The predicted molar refractivity (Wildman–Crippen MR) is 114 cm³/mol. The fraction of sp³-hybridized carbons (Fsp3) is 0.273. The zero-order valence-corrected chi connectivity index (χ0v) is 17.3. The number of carbonyl (C=O) groups excluding carboxylic acids is 2. The molecular weight excluding hydrogens is 388 g/mol. The highest BCUT2D eigenvalue weighted by Gasteiger charge is 2.34. The maximum absolute atomic E-state index is 12.7. The molecule has 2 aromatic carbocycles.